The summed E-state index contributed by atoms with van der Waals surface area (Å²) in [6.45, 7) is -2.81. The van der Waals surface area contributed by atoms with E-state index in [1.807, 2.05) is 18.2 Å². The van der Waals surface area contributed by atoms with Crippen LogP contribution in [0.4, 0.5) is 13.9 Å². The van der Waals surface area contributed by atoms with E-state index < -0.39 is 18.5 Å². The molecule has 0 aliphatic heterocycles. The third kappa shape index (κ3) is 3.38. The van der Waals surface area contributed by atoms with Crippen molar-refractivity contribution in [1.29, 1.82) is 0 Å². The second kappa shape index (κ2) is 6.71. The molecule has 0 bridgehead atoms. The summed E-state index contributed by atoms with van der Waals surface area (Å²) < 4.78 is 25.6. The van der Waals surface area contributed by atoms with Crippen LogP contribution in [-0.4, -0.2) is 25.9 Å². The molecule has 0 unspecified atom stereocenters. The normalized spacial score (nSPS) is 12.3. The number of hydrogen-bond donors (Lipinski definition) is 2. The van der Waals surface area contributed by atoms with Crippen molar-refractivity contribution in [2.24, 2.45) is 0 Å². The van der Waals surface area contributed by atoms with Crippen molar-refractivity contribution >= 4 is 22.4 Å². The van der Waals surface area contributed by atoms with Gasteiger partial charge in [0, 0.05) is 6.20 Å². The molecule has 0 aliphatic carbocycles. The summed E-state index contributed by atoms with van der Waals surface area (Å²) in [6, 6.07) is 9.68. The molecular weight excluding hydrogens is 338 g/mol. The molecule has 0 radical (unpaired) electrons. The van der Waals surface area contributed by atoms with Gasteiger partial charge in [-0.1, -0.05) is 41.7 Å². The standard InChI is InChI=1S/C14H12F2N6OS/c15-13(16)22-7-6-9(21-22)11(23)18-10(8-4-2-1-3-5-8)12-19-20-14(17)24-12/h1-7,10,13H,(H2,17,20)(H,18,23)/t10-/m1/s1. The first-order valence-electron chi connectivity index (χ1n) is 6.82. The number of anilines is 1. The fourth-order valence-electron chi connectivity index (χ4n) is 2.07. The van der Waals surface area contributed by atoms with Gasteiger partial charge in [0.05, 0.1) is 0 Å². The number of nitrogens with zero attached hydrogens (tertiary/aromatic N) is 4. The van der Waals surface area contributed by atoms with Gasteiger partial charge in [-0.3, -0.25) is 4.79 Å². The van der Waals surface area contributed by atoms with Gasteiger partial charge < -0.3 is 11.1 Å². The van der Waals surface area contributed by atoms with Crippen LogP contribution in [0.15, 0.2) is 42.6 Å². The maximum Gasteiger partial charge on any atom is 0.333 e. The number of amides is 1. The van der Waals surface area contributed by atoms with Gasteiger partial charge in [-0.2, -0.15) is 13.9 Å². The molecule has 2 aromatic heterocycles. The third-order valence-electron chi connectivity index (χ3n) is 3.15. The van der Waals surface area contributed by atoms with E-state index in [1.165, 1.54) is 6.07 Å². The highest BCUT2D eigenvalue weighted by atomic mass is 32.1. The molecule has 0 aliphatic rings. The molecule has 0 fully saturated rings. The zero-order valence-corrected chi connectivity index (χ0v) is 13.0. The van der Waals surface area contributed by atoms with Crippen LogP contribution in [0.3, 0.4) is 0 Å². The van der Waals surface area contributed by atoms with Crippen LogP contribution in [0.25, 0.3) is 0 Å². The molecule has 3 aromatic rings. The predicted octanol–water partition coefficient (Wildman–Crippen LogP) is 2.23. The summed E-state index contributed by atoms with van der Waals surface area (Å²) in [6.07, 6.45) is 1.04. The van der Waals surface area contributed by atoms with Crippen LogP contribution < -0.4 is 11.1 Å². The molecule has 7 nitrogen and oxygen atoms in total. The van der Waals surface area contributed by atoms with Gasteiger partial charge in [0.15, 0.2) is 0 Å². The number of nitrogens with two attached hydrogens (primary N) is 1. The van der Waals surface area contributed by atoms with Gasteiger partial charge in [0.1, 0.15) is 16.7 Å². The summed E-state index contributed by atoms with van der Waals surface area (Å²) in [7, 11) is 0. The highest BCUT2D eigenvalue weighted by Gasteiger charge is 2.23. The fraction of sp³-hybridized carbons (Fsp3) is 0.143. The van der Waals surface area contributed by atoms with Crippen LogP contribution in [0.1, 0.15) is 33.7 Å². The zero-order valence-electron chi connectivity index (χ0n) is 12.1. The Morgan fingerprint density at radius 1 is 1.21 bits per heavy atom. The van der Waals surface area contributed by atoms with Crippen molar-refractivity contribution < 1.29 is 13.6 Å². The zero-order chi connectivity index (χ0) is 17.1. The molecule has 0 saturated carbocycles. The van der Waals surface area contributed by atoms with Crippen molar-refractivity contribution in [3.05, 3.63) is 58.9 Å². The molecule has 1 aromatic carbocycles. The molecule has 0 spiro atoms. The lowest BCUT2D eigenvalue weighted by atomic mass is 10.1. The maximum absolute atomic E-state index is 12.6. The molecule has 1 atom stereocenters. The minimum atomic E-state index is -2.81. The molecule has 24 heavy (non-hydrogen) atoms. The number of halogens is 2. The lowest BCUT2D eigenvalue weighted by Crippen LogP contribution is -2.29. The molecule has 1 amide bonds. The summed E-state index contributed by atoms with van der Waals surface area (Å²) in [5.41, 5.74) is 6.25. The van der Waals surface area contributed by atoms with Gasteiger partial charge in [-0.05, 0) is 11.6 Å². The van der Waals surface area contributed by atoms with E-state index in [2.05, 4.69) is 20.6 Å². The van der Waals surface area contributed by atoms with E-state index in [1.54, 1.807) is 12.1 Å². The van der Waals surface area contributed by atoms with Crippen molar-refractivity contribution in [2.45, 2.75) is 12.6 Å². The summed E-state index contributed by atoms with van der Waals surface area (Å²) in [5.74, 6) is -0.600. The number of carbonyl (C=O) groups is 1. The van der Waals surface area contributed by atoms with Crippen LogP contribution in [0.2, 0.25) is 0 Å². The molecule has 0 saturated heterocycles. The Morgan fingerprint density at radius 2 is 1.96 bits per heavy atom. The molecular formula is C14H12F2N6OS. The first-order chi connectivity index (χ1) is 11.5. The largest absolute Gasteiger partial charge is 0.374 e. The van der Waals surface area contributed by atoms with Crippen LogP contribution in [0, 0.1) is 0 Å². The first-order valence-corrected chi connectivity index (χ1v) is 7.64. The number of aromatic nitrogens is 4. The molecule has 10 heteroatoms. The van der Waals surface area contributed by atoms with Gasteiger partial charge in [-0.15, -0.1) is 10.2 Å². The number of alkyl halides is 2. The van der Waals surface area contributed by atoms with Gasteiger partial charge in [-0.25, -0.2) is 4.68 Å². The second-order valence-corrected chi connectivity index (χ2v) is 5.80. The molecule has 3 N–H and O–H groups in total. The number of hydrogen-bond acceptors (Lipinski definition) is 6. The number of rotatable bonds is 5. The van der Waals surface area contributed by atoms with E-state index in [9.17, 15) is 13.6 Å². The van der Waals surface area contributed by atoms with E-state index in [0.29, 0.717) is 9.69 Å². The summed E-state index contributed by atoms with van der Waals surface area (Å²) in [5, 5.41) is 14.7. The van der Waals surface area contributed by atoms with Crippen LogP contribution in [-0.2, 0) is 0 Å². The van der Waals surface area contributed by atoms with Gasteiger partial charge >= 0.3 is 6.55 Å². The van der Waals surface area contributed by atoms with Gasteiger partial charge in [0.25, 0.3) is 5.91 Å². The highest BCUT2D eigenvalue weighted by Crippen LogP contribution is 2.26. The van der Waals surface area contributed by atoms with E-state index >= 15 is 0 Å². The summed E-state index contributed by atoms with van der Waals surface area (Å²) >= 11 is 1.13. The van der Waals surface area contributed by atoms with E-state index in [0.717, 1.165) is 23.1 Å². The van der Waals surface area contributed by atoms with Crippen LogP contribution in [0.5, 0.6) is 0 Å². The van der Waals surface area contributed by atoms with Crippen molar-refractivity contribution in [2.75, 3.05) is 5.73 Å². The second-order valence-electron chi connectivity index (χ2n) is 4.75. The Hall–Kier alpha value is -2.88. The summed E-state index contributed by atoms with van der Waals surface area (Å²) in [4.78, 5) is 12.3. The Labute approximate surface area is 139 Å². The fourth-order valence-corrected chi connectivity index (χ4v) is 2.76. The molecule has 124 valence electrons. The topological polar surface area (TPSA) is 98.7 Å². The molecule has 3 rings (SSSR count). The number of nitrogens with one attached hydrogen (secondary N) is 1. The first kappa shape index (κ1) is 16.0. The lowest BCUT2D eigenvalue weighted by Gasteiger charge is -2.15. The van der Waals surface area contributed by atoms with Gasteiger partial charge in [0.2, 0.25) is 5.13 Å². The third-order valence-corrected chi connectivity index (χ3v) is 3.97. The average Bonchev–Trinajstić information content (AvgIpc) is 3.22. The Morgan fingerprint density at radius 3 is 2.54 bits per heavy atom. The molecule has 2 heterocycles. The number of carbonyl (C=O) groups excluding carboxylic acids is 1. The van der Waals surface area contributed by atoms with Crippen molar-refractivity contribution in [3.8, 4) is 0 Å². The lowest BCUT2D eigenvalue weighted by molar-refractivity contribution is 0.0559. The quantitative estimate of drug-likeness (QED) is 0.735. The number of nitrogen functional groups attached to an aromatic ring is 1. The van der Waals surface area contributed by atoms with Crippen molar-refractivity contribution in [3.63, 3.8) is 0 Å². The van der Waals surface area contributed by atoms with E-state index in [-0.39, 0.29) is 10.8 Å². The predicted molar refractivity (Wildman–Crippen MR) is 83.6 cm³/mol. The van der Waals surface area contributed by atoms with Crippen molar-refractivity contribution in [1.82, 2.24) is 25.3 Å². The monoisotopic (exact) mass is 350 g/mol. The highest BCUT2D eigenvalue weighted by molar-refractivity contribution is 7.15. The Kier molecular flexibility index (Phi) is 4.47. The van der Waals surface area contributed by atoms with E-state index in [4.69, 9.17) is 5.73 Å². The minimum absolute atomic E-state index is 0.117. The SMILES string of the molecule is Nc1nnc([C@H](NC(=O)c2ccn(C(F)F)n2)c2ccccc2)s1. The Bertz CT molecular complexity index is 835. The van der Waals surface area contributed by atoms with Crippen LogP contribution >= 0.6 is 11.3 Å². The minimum Gasteiger partial charge on any atom is -0.374 e. The number of benzene rings is 1. The Balaban J connectivity index is 1.87. The average molecular weight is 350 g/mol. The maximum atomic E-state index is 12.6. The smallest absolute Gasteiger partial charge is 0.333 e.